The highest BCUT2D eigenvalue weighted by molar-refractivity contribution is 9.19. The van der Waals surface area contributed by atoms with Crippen LogP contribution in [0.1, 0.15) is 31.1 Å². The van der Waals surface area contributed by atoms with Crippen molar-refractivity contribution in [3.05, 3.63) is 33.8 Å². The van der Waals surface area contributed by atoms with Gasteiger partial charge in [0.25, 0.3) is 0 Å². The van der Waals surface area contributed by atoms with Crippen LogP contribution in [0.2, 0.25) is 5.02 Å². The predicted molar refractivity (Wildman–Crippen MR) is 71.2 cm³/mol. The summed E-state index contributed by atoms with van der Waals surface area (Å²) in [6, 6.07) is 2.52. The van der Waals surface area contributed by atoms with Crippen molar-refractivity contribution < 1.29 is 14.4 Å². The van der Waals surface area contributed by atoms with Crippen molar-refractivity contribution in [2.24, 2.45) is 0 Å². The van der Waals surface area contributed by atoms with Crippen LogP contribution >= 0.6 is 59.4 Å². The molecule has 0 saturated carbocycles. The van der Waals surface area contributed by atoms with Gasteiger partial charge in [-0.3, -0.25) is 14.4 Å². The fourth-order valence-electron chi connectivity index (χ4n) is 1.05. The van der Waals surface area contributed by atoms with Gasteiger partial charge >= 0.3 is 0 Å². The first kappa shape index (κ1) is 14.0. The Bertz CT molecular complexity index is 499. The standard InChI is InChI=1S/C9H2Br3ClO3/c10-7(14)3-1-5(9(12)16)6(13)2-4(3)8(11)15/h1-2H. The van der Waals surface area contributed by atoms with E-state index in [-0.39, 0.29) is 21.7 Å². The molecule has 0 unspecified atom stereocenters. The predicted octanol–water partition coefficient (Wildman–Crippen LogP) is 3.95. The molecule has 0 fully saturated rings. The lowest BCUT2D eigenvalue weighted by Gasteiger charge is -2.05. The van der Waals surface area contributed by atoms with E-state index in [2.05, 4.69) is 47.8 Å². The fourth-order valence-corrected chi connectivity index (χ4v) is 2.40. The summed E-state index contributed by atoms with van der Waals surface area (Å²) >= 11 is 14.0. The monoisotopic (exact) mass is 430 g/mol. The van der Waals surface area contributed by atoms with Gasteiger partial charge in [-0.05, 0) is 59.9 Å². The Morgan fingerprint density at radius 1 is 0.812 bits per heavy atom. The summed E-state index contributed by atoms with van der Waals surface area (Å²) in [6.07, 6.45) is 0. The van der Waals surface area contributed by atoms with E-state index < -0.39 is 14.1 Å². The van der Waals surface area contributed by atoms with Crippen LogP contribution < -0.4 is 0 Å². The Balaban J connectivity index is 3.55. The molecular weight excluding hydrogens is 431 g/mol. The molecule has 0 aromatic heterocycles. The van der Waals surface area contributed by atoms with Crippen LogP contribution in [0, 0.1) is 0 Å². The number of carbonyl (C=O) groups excluding carboxylic acids is 3. The zero-order valence-electron chi connectivity index (χ0n) is 7.39. The molecule has 0 bridgehead atoms. The lowest BCUT2D eigenvalue weighted by Crippen LogP contribution is -2.03. The molecule has 0 radical (unpaired) electrons. The first-order chi connectivity index (χ1) is 7.34. The maximum absolute atomic E-state index is 11.2. The largest absolute Gasteiger partial charge is 0.281 e. The van der Waals surface area contributed by atoms with E-state index in [0.29, 0.717) is 0 Å². The summed E-state index contributed by atoms with van der Waals surface area (Å²) in [5, 5.41) is 0.0992. The molecule has 0 atom stereocenters. The minimum absolute atomic E-state index is 0.0778. The minimum atomic E-state index is -0.498. The van der Waals surface area contributed by atoms with Gasteiger partial charge in [0.05, 0.1) is 5.02 Å². The van der Waals surface area contributed by atoms with E-state index >= 15 is 0 Å². The van der Waals surface area contributed by atoms with Gasteiger partial charge < -0.3 is 0 Å². The molecule has 3 nitrogen and oxygen atoms in total. The summed E-state index contributed by atoms with van der Waals surface area (Å²) in [7, 11) is 0. The van der Waals surface area contributed by atoms with Gasteiger partial charge in [0, 0.05) is 16.7 Å². The van der Waals surface area contributed by atoms with Crippen molar-refractivity contribution in [3.63, 3.8) is 0 Å². The normalized spacial score (nSPS) is 10.0. The quantitative estimate of drug-likeness (QED) is 0.679. The van der Waals surface area contributed by atoms with E-state index in [1.807, 2.05) is 0 Å². The molecule has 0 spiro atoms. The average Bonchev–Trinajstić information content (AvgIpc) is 2.15. The van der Waals surface area contributed by atoms with Gasteiger partial charge in [0.15, 0.2) is 0 Å². The Morgan fingerprint density at radius 3 is 1.56 bits per heavy atom. The second-order valence-corrected chi connectivity index (χ2v) is 5.27. The van der Waals surface area contributed by atoms with Crippen molar-refractivity contribution in [1.29, 1.82) is 0 Å². The van der Waals surface area contributed by atoms with Crippen LogP contribution in [0.5, 0.6) is 0 Å². The lowest BCUT2D eigenvalue weighted by atomic mass is 10.1. The zero-order valence-corrected chi connectivity index (χ0v) is 12.9. The van der Waals surface area contributed by atoms with Gasteiger partial charge in [-0.25, -0.2) is 0 Å². The first-order valence-corrected chi connectivity index (χ1v) is 6.53. The summed E-state index contributed by atoms with van der Waals surface area (Å²) < 4.78 is -1.44. The second-order valence-electron chi connectivity index (χ2n) is 2.70. The highest BCUT2D eigenvalue weighted by Crippen LogP contribution is 2.26. The fraction of sp³-hybridized carbons (Fsp3) is 0. The molecule has 84 valence electrons. The van der Waals surface area contributed by atoms with Crippen LogP contribution in [-0.4, -0.2) is 14.1 Å². The Labute approximate surface area is 121 Å². The number of rotatable bonds is 3. The summed E-state index contributed by atoms with van der Waals surface area (Å²) in [5.41, 5.74) is 0.306. The molecule has 1 aromatic rings. The van der Waals surface area contributed by atoms with Crippen LogP contribution in [0.15, 0.2) is 12.1 Å². The van der Waals surface area contributed by atoms with Crippen molar-refractivity contribution >= 4 is 73.5 Å². The van der Waals surface area contributed by atoms with Crippen molar-refractivity contribution in [3.8, 4) is 0 Å². The van der Waals surface area contributed by atoms with E-state index in [1.54, 1.807) is 0 Å². The van der Waals surface area contributed by atoms with E-state index in [1.165, 1.54) is 12.1 Å². The van der Waals surface area contributed by atoms with Crippen LogP contribution in [0.4, 0.5) is 0 Å². The Morgan fingerprint density at radius 2 is 1.19 bits per heavy atom. The van der Waals surface area contributed by atoms with E-state index in [4.69, 9.17) is 11.6 Å². The average molecular weight is 433 g/mol. The number of hydrogen-bond donors (Lipinski definition) is 0. The van der Waals surface area contributed by atoms with Crippen molar-refractivity contribution in [1.82, 2.24) is 0 Å². The summed E-state index contributed by atoms with van der Waals surface area (Å²) in [4.78, 5) is 33.6. The van der Waals surface area contributed by atoms with E-state index in [0.717, 1.165) is 0 Å². The van der Waals surface area contributed by atoms with Gasteiger partial charge in [0.1, 0.15) is 0 Å². The molecular formula is C9H2Br3ClO3. The first-order valence-electron chi connectivity index (χ1n) is 3.77. The van der Waals surface area contributed by atoms with Crippen LogP contribution in [0.3, 0.4) is 0 Å². The molecule has 1 rings (SSSR count). The minimum Gasteiger partial charge on any atom is -0.281 e. The third kappa shape index (κ3) is 3.00. The SMILES string of the molecule is O=C(Br)c1cc(C(=O)Br)c(C(=O)Br)cc1Cl. The number of hydrogen-bond acceptors (Lipinski definition) is 3. The third-order valence-electron chi connectivity index (χ3n) is 1.74. The topological polar surface area (TPSA) is 51.2 Å². The Hall–Kier alpha value is -0.0400. The molecule has 0 amide bonds. The summed E-state index contributed by atoms with van der Waals surface area (Å²) in [6.45, 7) is 0. The number of halogens is 4. The molecule has 0 heterocycles. The highest BCUT2D eigenvalue weighted by Gasteiger charge is 2.19. The number of benzene rings is 1. The zero-order chi connectivity index (χ0) is 12.5. The van der Waals surface area contributed by atoms with Gasteiger partial charge in [0.2, 0.25) is 14.1 Å². The molecule has 7 heteroatoms. The molecule has 1 aromatic carbocycles. The van der Waals surface area contributed by atoms with Crippen molar-refractivity contribution in [2.45, 2.75) is 0 Å². The molecule has 0 aliphatic carbocycles. The highest BCUT2D eigenvalue weighted by atomic mass is 79.9. The van der Waals surface area contributed by atoms with Gasteiger partial charge in [-0.2, -0.15) is 0 Å². The smallest absolute Gasteiger partial charge is 0.229 e. The molecule has 0 N–H and O–H groups in total. The Kier molecular flexibility index (Phi) is 4.85. The molecule has 16 heavy (non-hydrogen) atoms. The van der Waals surface area contributed by atoms with Crippen LogP contribution in [0.25, 0.3) is 0 Å². The molecule has 0 aliphatic heterocycles. The maximum Gasteiger partial charge on any atom is 0.229 e. The molecule has 0 saturated heterocycles. The second kappa shape index (κ2) is 5.53. The van der Waals surface area contributed by atoms with E-state index in [9.17, 15) is 14.4 Å². The summed E-state index contributed by atoms with van der Waals surface area (Å²) in [5.74, 6) is 0. The van der Waals surface area contributed by atoms with Gasteiger partial charge in [-0.1, -0.05) is 11.6 Å². The van der Waals surface area contributed by atoms with Gasteiger partial charge in [-0.15, -0.1) is 0 Å². The maximum atomic E-state index is 11.2. The van der Waals surface area contributed by atoms with Crippen molar-refractivity contribution in [2.75, 3.05) is 0 Å². The number of carbonyl (C=O) groups is 3. The molecule has 0 aliphatic rings. The lowest BCUT2D eigenvalue weighted by molar-refractivity contribution is 0.106. The third-order valence-corrected chi connectivity index (χ3v) is 3.34. The van der Waals surface area contributed by atoms with Crippen LogP contribution in [-0.2, 0) is 0 Å².